The monoisotopic (exact) mass is 246 g/mol. The molecule has 100 valence electrons. The summed E-state index contributed by atoms with van der Waals surface area (Å²) in [4.78, 5) is 22.0. The predicted molar refractivity (Wildman–Crippen MR) is 63.8 cm³/mol. The molecule has 0 atom stereocenters. The first-order chi connectivity index (χ1) is 7.97. The van der Waals surface area contributed by atoms with E-state index >= 15 is 0 Å². The van der Waals surface area contributed by atoms with Crippen molar-refractivity contribution in [3.63, 3.8) is 0 Å². The van der Waals surface area contributed by atoms with Crippen molar-refractivity contribution >= 4 is 12.2 Å². The highest BCUT2D eigenvalue weighted by Crippen LogP contribution is 2.24. The van der Waals surface area contributed by atoms with E-state index < -0.39 is 12.2 Å². The van der Waals surface area contributed by atoms with E-state index in [1.807, 2.05) is 13.8 Å². The lowest BCUT2D eigenvalue weighted by molar-refractivity contribution is 0.0322. The van der Waals surface area contributed by atoms with Gasteiger partial charge in [0.15, 0.2) is 0 Å². The number of nitrogens with one attached hydrogen (secondary N) is 2. The molecule has 0 aliphatic carbocycles. The SMILES string of the molecule is CCCC(C)(COC(=O)NC)COC(=O)NC. The Kier molecular flexibility index (Phi) is 7.09. The van der Waals surface area contributed by atoms with Gasteiger partial charge in [0.2, 0.25) is 0 Å². The van der Waals surface area contributed by atoms with E-state index in [4.69, 9.17) is 9.47 Å². The van der Waals surface area contributed by atoms with Crippen LogP contribution < -0.4 is 10.6 Å². The Balaban J connectivity index is 4.24. The first-order valence-electron chi connectivity index (χ1n) is 5.66. The maximum Gasteiger partial charge on any atom is 0.406 e. The van der Waals surface area contributed by atoms with Crippen LogP contribution in [0.5, 0.6) is 0 Å². The van der Waals surface area contributed by atoms with Crippen LogP contribution in [0, 0.1) is 5.41 Å². The van der Waals surface area contributed by atoms with Crippen LogP contribution in [-0.2, 0) is 9.47 Å². The molecular weight excluding hydrogens is 224 g/mol. The van der Waals surface area contributed by atoms with Gasteiger partial charge in [-0.1, -0.05) is 20.3 Å². The molecule has 0 bridgehead atoms. The minimum Gasteiger partial charge on any atom is -0.449 e. The van der Waals surface area contributed by atoms with E-state index in [2.05, 4.69) is 10.6 Å². The standard InChI is InChI=1S/C11H22N2O4/c1-5-6-11(2,7-16-9(14)12-3)8-17-10(15)13-4/h5-8H2,1-4H3,(H,12,14)(H,13,15). The molecule has 0 saturated heterocycles. The van der Waals surface area contributed by atoms with E-state index in [1.54, 1.807) is 0 Å². The highest BCUT2D eigenvalue weighted by atomic mass is 16.6. The molecule has 0 radical (unpaired) electrons. The summed E-state index contributed by atoms with van der Waals surface area (Å²) in [6.45, 7) is 4.38. The quantitative estimate of drug-likeness (QED) is 0.744. The Morgan fingerprint density at radius 3 is 1.76 bits per heavy atom. The minimum atomic E-state index is -0.479. The number of amides is 2. The lowest BCUT2D eigenvalue weighted by Crippen LogP contribution is -2.35. The van der Waals surface area contributed by atoms with Gasteiger partial charge in [-0.3, -0.25) is 0 Å². The molecular formula is C11H22N2O4. The molecule has 0 aromatic heterocycles. The second-order valence-electron chi connectivity index (χ2n) is 4.21. The van der Waals surface area contributed by atoms with Gasteiger partial charge in [-0.2, -0.15) is 0 Å². The number of alkyl carbamates (subject to hydrolysis) is 2. The molecule has 0 aromatic rings. The van der Waals surface area contributed by atoms with Crippen LogP contribution in [0.25, 0.3) is 0 Å². The molecule has 0 saturated carbocycles. The number of rotatable bonds is 6. The first kappa shape index (κ1) is 15.5. The molecule has 0 fully saturated rings. The van der Waals surface area contributed by atoms with E-state index in [9.17, 15) is 9.59 Å². The number of hydrogen-bond donors (Lipinski definition) is 2. The van der Waals surface area contributed by atoms with Crippen LogP contribution in [0.1, 0.15) is 26.7 Å². The third-order valence-electron chi connectivity index (χ3n) is 2.37. The second kappa shape index (κ2) is 7.76. The second-order valence-corrected chi connectivity index (χ2v) is 4.21. The van der Waals surface area contributed by atoms with Crippen molar-refractivity contribution in [2.75, 3.05) is 27.3 Å². The minimum absolute atomic E-state index is 0.220. The van der Waals surface area contributed by atoms with Crippen LogP contribution in [0.4, 0.5) is 9.59 Å². The van der Waals surface area contributed by atoms with Crippen LogP contribution in [-0.4, -0.2) is 39.5 Å². The normalized spacial score (nSPS) is 10.6. The van der Waals surface area contributed by atoms with Crippen molar-refractivity contribution in [1.29, 1.82) is 0 Å². The molecule has 17 heavy (non-hydrogen) atoms. The molecule has 0 heterocycles. The Labute approximate surface area is 102 Å². The maximum atomic E-state index is 11.0. The van der Waals surface area contributed by atoms with Crippen molar-refractivity contribution in [1.82, 2.24) is 10.6 Å². The van der Waals surface area contributed by atoms with Crippen LogP contribution in [0.15, 0.2) is 0 Å². The molecule has 2 amide bonds. The summed E-state index contributed by atoms with van der Waals surface area (Å²) < 4.78 is 10.0. The van der Waals surface area contributed by atoms with Crippen LogP contribution in [0.2, 0.25) is 0 Å². The molecule has 0 spiro atoms. The van der Waals surface area contributed by atoms with Gasteiger partial charge >= 0.3 is 12.2 Å². The lowest BCUT2D eigenvalue weighted by atomic mass is 9.87. The Morgan fingerprint density at radius 2 is 1.47 bits per heavy atom. The van der Waals surface area contributed by atoms with Gasteiger partial charge in [-0.05, 0) is 6.42 Å². The highest BCUT2D eigenvalue weighted by Gasteiger charge is 2.27. The largest absolute Gasteiger partial charge is 0.449 e. The van der Waals surface area contributed by atoms with Gasteiger partial charge in [-0.25, -0.2) is 9.59 Å². The van der Waals surface area contributed by atoms with E-state index in [-0.39, 0.29) is 18.6 Å². The molecule has 0 rings (SSSR count). The van der Waals surface area contributed by atoms with Crippen LogP contribution >= 0.6 is 0 Å². The molecule has 6 nitrogen and oxygen atoms in total. The zero-order chi connectivity index (χ0) is 13.3. The van der Waals surface area contributed by atoms with Gasteiger partial charge in [0, 0.05) is 19.5 Å². The number of carbonyl (C=O) groups is 2. The van der Waals surface area contributed by atoms with Gasteiger partial charge in [-0.15, -0.1) is 0 Å². The van der Waals surface area contributed by atoms with Crippen LogP contribution in [0.3, 0.4) is 0 Å². The topological polar surface area (TPSA) is 76.7 Å². The number of carbonyl (C=O) groups excluding carboxylic acids is 2. The maximum absolute atomic E-state index is 11.0. The molecule has 2 N–H and O–H groups in total. The fourth-order valence-electron chi connectivity index (χ4n) is 1.41. The zero-order valence-corrected chi connectivity index (χ0v) is 11.0. The number of ether oxygens (including phenoxy) is 2. The number of hydrogen-bond acceptors (Lipinski definition) is 4. The van der Waals surface area contributed by atoms with Gasteiger partial charge in [0.1, 0.15) is 13.2 Å². The van der Waals surface area contributed by atoms with Crippen molar-refractivity contribution in [3.05, 3.63) is 0 Å². The van der Waals surface area contributed by atoms with Crippen molar-refractivity contribution in [2.24, 2.45) is 5.41 Å². The van der Waals surface area contributed by atoms with E-state index in [0.29, 0.717) is 0 Å². The van der Waals surface area contributed by atoms with Crippen molar-refractivity contribution in [3.8, 4) is 0 Å². The van der Waals surface area contributed by atoms with E-state index in [1.165, 1.54) is 14.1 Å². The molecule has 0 unspecified atom stereocenters. The predicted octanol–water partition coefficient (Wildman–Crippen LogP) is 1.50. The smallest absolute Gasteiger partial charge is 0.406 e. The highest BCUT2D eigenvalue weighted by molar-refractivity contribution is 5.67. The van der Waals surface area contributed by atoms with Crippen molar-refractivity contribution in [2.45, 2.75) is 26.7 Å². The fourth-order valence-corrected chi connectivity index (χ4v) is 1.41. The van der Waals surface area contributed by atoms with E-state index in [0.717, 1.165) is 12.8 Å². The lowest BCUT2D eigenvalue weighted by Gasteiger charge is -2.27. The zero-order valence-electron chi connectivity index (χ0n) is 11.0. The van der Waals surface area contributed by atoms with Gasteiger partial charge in [0.25, 0.3) is 0 Å². The average Bonchev–Trinajstić information content (AvgIpc) is 2.33. The summed E-state index contributed by atoms with van der Waals surface area (Å²) >= 11 is 0. The molecule has 0 aliphatic rings. The third-order valence-corrected chi connectivity index (χ3v) is 2.37. The summed E-state index contributed by atoms with van der Waals surface area (Å²) in [5.74, 6) is 0. The summed E-state index contributed by atoms with van der Waals surface area (Å²) in [5, 5.41) is 4.75. The molecule has 0 aromatic carbocycles. The Hall–Kier alpha value is -1.46. The summed E-state index contributed by atoms with van der Waals surface area (Å²) in [6, 6.07) is 0. The average molecular weight is 246 g/mol. The van der Waals surface area contributed by atoms with Gasteiger partial charge < -0.3 is 20.1 Å². The molecule has 6 heteroatoms. The Bertz CT molecular complexity index is 236. The third kappa shape index (κ3) is 6.65. The van der Waals surface area contributed by atoms with Crippen molar-refractivity contribution < 1.29 is 19.1 Å². The summed E-state index contributed by atoms with van der Waals surface area (Å²) in [6.07, 6.45) is 0.769. The molecule has 0 aliphatic heterocycles. The summed E-state index contributed by atoms with van der Waals surface area (Å²) in [5.41, 5.74) is -0.353. The van der Waals surface area contributed by atoms with Gasteiger partial charge in [0.05, 0.1) is 0 Å². The Morgan fingerprint density at radius 1 is 1.06 bits per heavy atom. The first-order valence-corrected chi connectivity index (χ1v) is 5.66. The fraction of sp³-hybridized carbons (Fsp3) is 0.818. The summed E-state index contributed by atoms with van der Waals surface area (Å²) in [7, 11) is 3.00.